The first-order chi connectivity index (χ1) is 9.49. The fraction of sp³-hybridized carbons (Fsp3) is 0.462. The van der Waals surface area contributed by atoms with E-state index in [0.717, 1.165) is 17.8 Å². The van der Waals surface area contributed by atoms with Crippen molar-refractivity contribution < 1.29 is 9.90 Å². The van der Waals surface area contributed by atoms with E-state index in [1.54, 1.807) is 11.5 Å². The quantitative estimate of drug-likeness (QED) is 0.919. The van der Waals surface area contributed by atoms with Gasteiger partial charge in [-0.15, -0.1) is 0 Å². The Morgan fingerprint density at radius 2 is 2.15 bits per heavy atom. The number of carbonyl (C=O) groups is 1. The van der Waals surface area contributed by atoms with Crippen LogP contribution in [0.5, 0.6) is 0 Å². The summed E-state index contributed by atoms with van der Waals surface area (Å²) in [6.07, 6.45) is 2.10. The average molecular weight is 297 g/mol. The van der Waals surface area contributed by atoms with Gasteiger partial charge in [-0.05, 0) is 20.3 Å². The summed E-state index contributed by atoms with van der Waals surface area (Å²) in [6, 6.07) is 0. The highest BCUT2D eigenvalue weighted by atomic mass is 35.5. The van der Waals surface area contributed by atoms with Crippen LogP contribution in [0, 0.1) is 6.92 Å². The van der Waals surface area contributed by atoms with Crippen molar-refractivity contribution in [2.45, 2.75) is 40.3 Å². The Kier molecular flexibility index (Phi) is 4.13. The zero-order valence-corrected chi connectivity index (χ0v) is 12.5. The van der Waals surface area contributed by atoms with Gasteiger partial charge in [0.05, 0.1) is 29.2 Å². The molecule has 0 radical (unpaired) electrons. The molecule has 6 nitrogen and oxygen atoms in total. The van der Waals surface area contributed by atoms with Crippen LogP contribution in [0.3, 0.4) is 0 Å². The van der Waals surface area contributed by atoms with Crippen LogP contribution < -0.4 is 0 Å². The van der Waals surface area contributed by atoms with Crippen molar-refractivity contribution in [3.63, 3.8) is 0 Å². The number of carboxylic acids is 1. The summed E-state index contributed by atoms with van der Waals surface area (Å²) in [6.45, 7) is 6.78. The SMILES string of the molecule is CCc1nn(CC)c(Cn2c(C(=O)O)cnc2C)c1Cl. The van der Waals surface area contributed by atoms with E-state index in [1.807, 2.05) is 18.5 Å². The number of carboxylic acid groups (broad SMARTS) is 1. The molecular formula is C13H17ClN4O2. The lowest BCUT2D eigenvalue weighted by molar-refractivity contribution is 0.0685. The second kappa shape index (κ2) is 5.66. The smallest absolute Gasteiger partial charge is 0.354 e. The number of nitrogens with zero attached hydrogens (tertiary/aromatic N) is 4. The van der Waals surface area contributed by atoms with Crippen LogP contribution in [0.15, 0.2) is 6.20 Å². The molecule has 0 atom stereocenters. The number of hydrogen-bond donors (Lipinski definition) is 1. The first-order valence-electron chi connectivity index (χ1n) is 6.49. The molecule has 0 aliphatic carbocycles. The van der Waals surface area contributed by atoms with Crippen molar-refractivity contribution in [2.75, 3.05) is 0 Å². The molecule has 0 amide bonds. The minimum absolute atomic E-state index is 0.153. The van der Waals surface area contributed by atoms with E-state index in [4.69, 9.17) is 11.6 Å². The summed E-state index contributed by atoms with van der Waals surface area (Å²) in [5.41, 5.74) is 1.80. The molecule has 0 fully saturated rings. The highest BCUT2D eigenvalue weighted by molar-refractivity contribution is 6.31. The Hall–Kier alpha value is -1.82. The molecule has 2 aromatic heterocycles. The lowest BCUT2D eigenvalue weighted by Crippen LogP contribution is -2.14. The van der Waals surface area contributed by atoms with Crippen molar-refractivity contribution in [3.8, 4) is 0 Å². The van der Waals surface area contributed by atoms with Crippen LogP contribution in [0.1, 0.15) is 41.5 Å². The molecule has 0 unspecified atom stereocenters. The summed E-state index contributed by atoms with van der Waals surface area (Å²) in [5, 5.41) is 14.2. The summed E-state index contributed by atoms with van der Waals surface area (Å²) in [4.78, 5) is 15.3. The van der Waals surface area contributed by atoms with Gasteiger partial charge in [-0.2, -0.15) is 5.10 Å². The van der Waals surface area contributed by atoms with Crippen LogP contribution in [-0.4, -0.2) is 30.4 Å². The normalized spacial score (nSPS) is 11.0. The fourth-order valence-corrected chi connectivity index (χ4v) is 2.49. The lowest BCUT2D eigenvalue weighted by atomic mass is 10.3. The van der Waals surface area contributed by atoms with Gasteiger partial charge < -0.3 is 9.67 Å². The Morgan fingerprint density at radius 3 is 2.70 bits per heavy atom. The molecule has 0 saturated heterocycles. The number of aromatic carboxylic acids is 1. The van der Waals surface area contributed by atoms with Gasteiger partial charge in [0, 0.05) is 6.54 Å². The van der Waals surface area contributed by atoms with E-state index in [2.05, 4.69) is 10.1 Å². The second-order valence-corrected chi connectivity index (χ2v) is 4.84. The molecule has 1 N–H and O–H groups in total. The van der Waals surface area contributed by atoms with Crippen LogP contribution >= 0.6 is 11.6 Å². The molecule has 0 spiro atoms. The van der Waals surface area contributed by atoms with Gasteiger partial charge in [-0.25, -0.2) is 9.78 Å². The molecule has 0 bridgehead atoms. The summed E-state index contributed by atoms with van der Waals surface area (Å²) in [7, 11) is 0. The van der Waals surface area contributed by atoms with E-state index in [0.29, 0.717) is 23.9 Å². The van der Waals surface area contributed by atoms with Gasteiger partial charge >= 0.3 is 5.97 Å². The van der Waals surface area contributed by atoms with Gasteiger partial charge in [-0.3, -0.25) is 4.68 Å². The van der Waals surface area contributed by atoms with Gasteiger partial charge in [0.25, 0.3) is 0 Å². The maximum atomic E-state index is 11.2. The topological polar surface area (TPSA) is 72.9 Å². The highest BCUT2D eigenvalue weighted by Gasteiger charge is 2.19. The third-order valence-corrected chi connectivity index (χ3v) is 3.71. The van der Waals surface area contributed by atoms with Crippen molar-refractivity contribution in [1.29, 1.82) is 0 Å². The van der Waals surface area contributed by atoms with Crippen LogP contribution in [0.2, 0.25) is 5.02 Å². The van der Waals surface area contributed by atoms with Crippen LogP contribution in [0.25, 0.3) is 0 Å². The van der Waals surface area contributed by atoms with Crippen LogP contribution in [-0.2, 0) is 19.5 Å². The fourth-order valence-electron chi connectivity index (χ4n) is 2.16. The molecule has 0 saturated carbocycles. The Balaban J connectivity index is 2.47. The maximum absolute atomic E-state index is 11.2. The summed E-state index contributed by atoms with van der Waals surface area (Å²) >= 11 is 6.35. The molecular weight excluding hydrogens is 280 g/mol. The van der Waals surface area contributed by atoms with Gasteiger partial charge in [-0.1, -0.05) is 18.5 Å². The largest absolute Gasteiger partial charge is 0.477 e. The predicted molar refractivity (Wildman–Crippen MR) is 75.3 cm³/mol. The van der Waals surface area contributed by atoms with Crippen molar-refractivity contribution in [3.05, 3.63) is 34.1 Å². The first kappa shape index (κ1) is 14.6. The number of aromatic nitrogens is 4. The van der Waals surface area contributed by atoms with Gasteiger partial charge in [0.1, 0.15) is 11.5 Å². The van der Waals surface area contributed by atoms with E-state index in [-0.39, 0.29) is 5.69 Å². The molecule has 108 valence electrons. The number of imidazole rings is 1. The van der Waals surface area contributed by atoms with E-state index in [9.17, 15) is 9.90 Å². The van der Waals surface area contributed by atoms with E-state index in [1.165, 1.54) is 6.20 Å². The molecule has 0 aliphatic heterocycles. The standard InChI is InChI=1S/C13H17ClN4O2/c1-4-9-12(14)11(18(5-2)16-9)7-17-8(3)15-6-10(17)13(19)20/h6H,4-5,7H2,1-3H3,(H,19,20). The third-order valence-electron chi connectivity index (χ3n) is 3.28. The van der Waals surface area contributed by atoms with Gasteiger partial charge in [0.2, 0.25) is 0 Å². The Morgan fingerprint density at radius 1 is 1.45 bits per heavy atom. The minimum atomic E-state index is -1.000. The monoisotopic (exact) mass is 296 g/mol. The second-order valence-electron chi connectivity index (χ2n) is 4.46. The number of halogens is 1. The highest BCUT2D eigenvalue weighted by Crippen LogP contribution is 2.23. The summed E-state index contributed by atoms with van der Waals surface area (Å²) in [5.74, 6) is -0.361. The lowest BCUT2D eigenvalue weighted by Gasteiger charge is -2.10. The molecule has 2 rings (SSSR count). The zero-order valence-electron chi connectivity index (χ0n) is 11.7. The van der Waals surface area contributed by atoms with Crippen molar-refractivity contribution >= 4 is 17.6 Å². The molecule has 20 heavy (non-hydrogen) atoms. The van der Waals surface area contributed by atoms with Crippen LogP contribution in [0.4, 0.5) is 0 Å². The van der Waals surface area contributed by atoms with E-state index >= 15 is 0 Å². The third kappa shape index (κ3) is 2.43. The summed E-state index contributed by atoms with van der Waals surface area (Å²) < 4.78 is 3.45. The number of aryl methyl sites for hydroxylation is 3. The Labute approximate surface area is 122 Å². The minimum Gasteiger partial charge on any atom is -0.477 e. The average Bonchev–Trinajstić information content (AvgIpc) is 2.93. The molecule has 0 aliphatic rings. The first-order valence-corrected chi connectivity index (χ1v) is 6.86. The Bertz CT molecular complexity index is 645. The molecule has 2 heterocycles. The molecule has 0 aromatic carbocycles. The maximum Gasteiger partial charge on any atom is 0.354 e. The van der Waals surface area contributed by atoms with Gasteiger partial charge in [0.15, 0.2) is 0 Å². The number of hydrogen-bond acceptors (Lipinski definition) is 3. The number of rotatable bonds is 5. The van der Waals surface area contributed by atoms with Crippen molar-refractivity contribution in [1.82, 2.24) is 19.3 Å². The molecule has 7 heteroatoms. The molecule has 2 aromatic rings. The predicted octanol–water partition coefficient (Wildman–Crippen LogP) is 2.37. The van der Waals surface area contributed by atoms with E-state index < -0.39 is 5.97 Å². The van der Waals surface area contributed by atoms with Crippen molar-refractivity contribution in [2.24, 2.45) is 0 Å². The zero-order chi connectivity index (χ0) is 14.9.